The third-order valence-electron chi connectivity index (χ3n) is 4.61. The molecule has 0 saturated carbocycles. The van der Waals surface area contributed by atoms with E-state index >= 15 is 0 Å². The predicted molar refractivity (Wildman–Crippen MR) is 119 cm³/mol. The van der Waals surface area contributed by atoms with Crippen molar-refractivity contribution in [2.75, 3.05) is 14.2 Å². The number of ether oxygens (including phenoxy) is 2. The standard InChI is InChI=1S/C24H19ClO2S/c1-26-20-11-5-16(6-12-20)22-15-23(17-3-9-19(25)10-4-17)28-24(22)18-7-13-21(27-2)14-8-18/h3-15H,1-2H3. The maximum Gasteiger partial charge on any atom is 0.118 e. The highest BCUT2D eigenvalue weighted by Gasteiger charge is 2.14. The molecule has 4 aromatic rings. The van der Waals surface area contributed by atoms with Crippen LogP contribution in [-0.2, 0) is 0 Å². The van der Waals surface area contributed by atoms with E-state index in [-0.39, 0.29) is 0 Å². The average Bonchev–Trinajstić information content (AvgIpc) is 3.20. The predicted octanol–water partition coefficient (Wildman–Crippen LogP) is 7.42. The van der Waals surface area contributed by atoms with Gasteiger partial charge in [0.25, 0.3) is 0 Å². The van der Waals surface area contributed by atoms with Crippen LogP contribution >= 0.6 is 22.9 Å². The summed E-state index contributed by atoms with van der Waals surface area (Å²) in [4.78, 5) is 2.42. The van der Waals surface area contributed by atoms with Gasteiger partial charge in [-0.15, -0.1) is 11.3 Å². The number of thiophene rings is 1. The Labute approximate surface area is 174 Å². The van der Waals surface area contributed by atoms with E-state index in [0.29, 0.717) is 0 Å². The van der Waals surface area contributed by atoms with E-state index in [2.05, 4.69) is 42.5 Å². The van der Waals surface area contributed by atoms with Crippen molar-refractivity contribution < 1.29 is 9.47 Å². The maximum absolute atomic E-state index is 6.06. The van der Waals surface area contributed by atoms with Crippen LogP contribution in [0.4, 0.5) is 0 Å². The molecule has 140 valence electrons. The highest BCUT2D eigenvalue weighted by Crippen LogP contribution is 2.44. The van der Waals surface area contributed by atoms with Crippen LogP contribution < -0.4 is 9.47 Å². The number of hydrogen-bond acceptors (Lipinski definition) is 3. The van der Waals surface area contributed by atoms with Crippen molar-refractivity contribution in [3.63, 3.8) is 0 Å². The Kier molecular flexibility index (Phi) is 5.38. The SMILES string of the molecule is COc1ccc(-c2cc(-c3ccc(Cl)cc3)sc2-c2ccc(OC)cc2)cc1. The number of methoxy groups -OCH3 is 2. The van der Waals surface area contributed by atoms with Crippen LogP contribution in [-0.4, -0.2) is 14.2 Å². The Morgan fingerprint density at radius 2 is 1.14 bits per heavy atom. The van der Waals surface area contributed by atoms with Crippen molar-refractivity contribution >= 4 is 22.9 Å². The summed E-state index contributed by atoms with van der Waals surface area (Å²) in [6.07, 6.45) is 0. The molecule has 0 radical (unpaired) electrons. The first kappa shape index (κ1) is 18.6. The van der Waals surface area contributed by atoms with Crippen molar-refractivity contribution in [1.29, 1.82) is 0 Å². The number of halogens is 1. The molecule has 3 aromatic carbocycles. The smallest absolute Gasteiger partial charge is 0.118 e. The first-order valence-corrected chi connectivity index (χ1v) is 10.1. The third kappa shape index (κ3) is 3.77. The second-order valence-electron chi connectivity index (χ2n) is 6.32. The van der Waals surface area contributed by atoms with Crippen molar-refractivity contribution in [1.82, 2.24) is 0 Å². The molecule has 0 unspecified atom stereocenters. The van der Waals surface area contributed by atoms with Crippen LogP contribution in [0, 0.1) is 0 Å². The lowest BCUT2D eigenvalue weighted by atomic mass is 10.0. The summed E-state index contributed by atoms with van der Waals surface area (Å²) in [5, 5.41) is 0.742. The minimum Gasteiger partial charge on any atom is -0.497 e. The number of rotatable bonds is 5. The minimum atomic E-state index is 0.742. The van der Waals surface area contributed by atoms with Crippen LogP contribution in [0.3, 0.4) is 0 Å². The largest absolute Gasteiger partial charge is 0.497 e. The van der Waals surface area contributed by atoms with Gasteiger partial charge in [0.15, 0.2) is 0 Å². The summed E-state index contributed by atoms with van der Waals surface area (Å²) in [6, 6.07) is 26.6. The number of benzene rings is 3. The van der Waals surface area contributed by atoms with E-state index in [1.54, 1.807) is 25.6 Å². The molecule has 0 aliphatic rings. The van der Waals surface area contributed by atoms with Crippen LogP contribution in [0.2, 0.25) is 5.02 Å². The quantitative estimate of drug-likeness (QED) is 0.343. The summed E-state index contributed by atoms with van der Waals surface area (Å²) >= 11 is 7.84. The molecular weight excluding hydrogens is 388 g/mol. The van der Waals surface area contributed by atoms with E-state index in [9.17, 15) is 0 Å². The minimum absolute atomic E-state index is 0.742. The summed E-state index contributed by atoms with van der Waals surface area (Å²) < 4.78 is 10.6. The van der Waals surface area contributed by atoms with E-state index in [1.807, 2.05) is 36.4 Å². The molecule has 0 fully saturated rings. The molecule has 0 aliphatic heterocycles. The van der Waals surface area contributed by atoms with Crippen molar-refractivity contribution in [2.24, 2.45) is 0 Å². The Bertz CT molecular complexity index is 1000. The van der Waals surface area contributed by atoms with Gasteiger partial charge in [-0.2, -0.15) is 0 Å². The molecule has 4 heteroatoms. The zero-order valence-corrected chi connectivity index (χ0v) is 17.2. The average molecular weight is 407 g/mol. The summed E-state index contributed by atoms with van der Waals surface area (Å²) in [7, 11) is 3.36. The fourth-order valence-electron chi connectivity index (χ4n) is 3.09. The zero-order valence-electron chi connectivity index (χ0n) is 15.6. The van der Waals surface area contributed by atoms with Gasteiger partial charge < -0.3 is 9.47 Å². The Morgan fingerprint density at radius 3 is 1.68 bits per heavy atom. The highest BCUT2D eigenvalue weighted by atomic mass is 35.5. The lowest BCUT2D eigenvalue weighted by molar-refractivity contribution is 0.414. The molecule has 2 nitrogen and oxygen atoms in total. The lowest BCUT2D eigenvalue weighted by Gasteiger charge is -2.07. The molecule has 28 heavy (non-hydrogen) atoms. The Balaban J connectivity index is 1.84. The van der Waals surface area contributed by atoms with Gasteiger partial charge in [0.1, 0.15) is 11.5 Å². The first-order valence-electron chi connectivity index (χ1n) is 8.86. The number of hydrogen-bond donors (Lipinski definition) is 0. The zero-order chi connectivity index (χ0) is 19.5. The molecule has 4 rings (SSSR count). The van der Waals surface area contributed by atoms with Gasteiger partial charge in [-0.05, 0) is 71.3 Å². The Morgan fingerprint density at radius 1 is 0.643 bits per heavy atom. The molecule has 0 atom stereocenters. The summed E-state index contributed by atoms with van der Waals surface area (Å²) in [6.45, 7) is 0. The topological polar surface area (TPSA) is 18.5 Å². The Hall–Kier alpha value is -2.75. The van der Waals surface area contributed by atoms with E-state index in [1.165, 1.54) is 15.3 Å². The van der Waals surface area contributed by atoms with Crippen molar-refractivity contribution in [2.45, 2.75) is 0 Å². The fraction of sp³-hybridized carbons (Fsp3) is 0.0833. The van der Waals surface area contributed by atoms with Gasteiger partial charge in [-0.3, -0.25) is 0 Å². The lowest BCUT2D eigenvalue weighted by Crippen LogP contribution is -1.84. The molecule has 1 heterocycles. The van der Waals surface area contributed by atoms with Crippen LogP contribution in [0.5, 0.6) is 11.5 Å². The fourth-order valence-corrected chi connectivity index (χ4v) is 4.41. The molecule has 0 saturated heterocycles. The summed E-state index contributed by atoms with van der Waals surface area (Å²) in [5.74, 6) is 1.70. The van der Waals surface area contributed by atoms with E-state index in [0.717, 1.165) is 33.2 Å². The molecule has 0 N–H and O–H groups in total. The second-order valence-corrected chi connectivity index (χ2v) is 7.81. The first-order chi connectivity index (χ1) is 13.7. The molecular formula is C24H19ClO2S. The maximum atomic E-state index is 6.06. The van der Waals surface area contributed by atoms with Crippen molar-refractivity contribution in [3.05, 3.63) is 83.9 Å². The van der Waals surface area contributed by atoms with Gasteiger partial charge in [-0.1, -0.05) is 35.9 Å². The van der Waals surface area contributed by atoms with E-state index in [4.69, 9.17) is 21.1 Å². The summed E-state index contributed by atoms with van der Waals surface area (Å²) in [5.41, 5.74) is 4.67. The van der Waals surface area contributed by atoms with Crippen LogP contribution in [0.15, 0.2) is 78.9 Å². The highest BCUT2D eigenvalue weighted by molar-refractivity contribution is 7.19. The second kappa shape index (κ2) is 8.09. The monoisotopic (exact) mass is 406 g/mol. The van der Waals surface area contributed by atoms with Gasteiger partial charge in [0.2, 0.25) is 0 Å². The normalized spacial score (nSPS) is 10.7. The van der Waals surface area contributed by atoms with E-state index < -0.39 is 0 Å². The van der Waals surface area contributed by atoms with Crippen LogP contribution in [0.25, 0.3) is 32.0 Å². The van der Waals surface area contributed by atoms with Gasteiger partial charge in [-0.25, -0.2) is 0 Å². The van der Waals surface area contributed by atoms with Gasteiger partial charge >= 0.3 is 0 Å². The van der Waals surface area contributed by atoms with Crippen LogP contribution in [0.1, 0.15) is 0 Å². The van der Waals surface area contributed by atoms with Gasteiger partial charge in [0, 0.05) is 20.3 Å². The molecule has 0 amide bonds. The molecule has 1 aromatic heterocycles. The third-order valence-corrected chi connectivity index (χ3v) is 6.10. The van der Waals surface area contributed by atoms with Gasteiger partial charge in [0.05, 0.1) is 14.2 Å². The van der Waals surface area contributed by atoms with Crippen molar-refractivity contribution in [3.8, 4) is 43.5 Å². The molecule has 0 spiro atoms. The molecule has 0 bridgehead atoms. The molecule has 0 aliphatic carbocycles.